The molecule has 0 aliphatic carbocycles. The Kier molecular flexibility index (Phi) is 6.48. The number of ether oxygens (including phenoxy) is 1. The third-order valence-corrected chi connectivity index (χ3v) is 4.71. The maximum Gasteiger partial charge on any atom is 0.387 e. The molecule has 10 heteroatoms. The van der Waals surface area contributed by atoms with E-state index in [1.54, 1.807) is 12.1 Å². The van der Waals surface area contributed by atoms with Crippen LogP contribution in [0.15, 0.2) is 53.5 Å². The van der Waals surface area contributed by atoms with Gasteiger partial charge in [0.2, 0.25) is 5.91 Å². The first-order chi connectivity index (χ1) is 13.4. The molecule has 1 N–H and O–H groups in total. The molecule has 2 heterocycles. The summed E-state index contributed by atoms with van der Waals surface area (Å²) in [5, 5.41) is 3.09. The lowest BCUT2D eigenvalue weighted by atomic mass is 10.3. The van der Waals surface area contributed by atoms with Crippen molar-refractivity contribution in [1.29, 1.82) is 0 Å². The summed E-state index contributed by atoms with van der Waals surface area (Å²) in [6.45, 7) is -2.90. The van der Waals surface area contributed by atoms with Gasteiger partial charge in [-0.05, 0) is 36.4 Å². The zero-order chi connectivity index (χ0) is 20.1. The highest BCUT2D eigenvalue weighted by Gasteiger charge is 2.08. The van der Waals surface area contributed by atoms with Gasteiger partial charge in [0.1, 0.15) is 11.4 Å². The van der Waals surface area contributed by atoms with Gasteiger partial charge in [-0.1, -0.05) is 11.6 Å². The van der Waals surface area contributed by atoms with Crippen LogP contribution < -0.4 is 15.6 Å². The Morgan fingerprint density at radius 2 is 2.00 bits per heavy atom. The van der Waals surface area contributed by atoms with Crippen molar-refractivity contribution >= 4 is 40.6 Å². The van der Waals surface area contributed by atoms with Gasteiger partial charge in [-0.25, -0.2) is 4.98 Å². The number of alkyl halides is 2. The first kappa shape index (κ1) is 20.1. The molecule has 0 saturated carbocycles. The molecule has 1 aromatic carbocycles. The fraction of sp³-hybridized carbons (Fsp3) is 0.167. The maximum absolute atomic E-state index is 12.1. The van der Waals surface area contributed by atoms with E-state index in [4.69, 9.17) is 11.6 Å². The summed E-state index contributed by atoms with van der Waals surface area (Å²) in [5.41, 5.74) is 1.24. The van der Waals surface area contributed by atoms with Crippen molar-refractivity contribution < 1.29 is 18.3 Å². The largest absolute Gasteiger partial charge is 0.435 e. The van der Waals surface area contributed by atoms with Gasteiger partial charge in [0.05, 0.1) is 16.5 Å². The quantitative estimate of drug-likeness (QED) is 0.623. The fourth-order valence-corrected chi connectivity index (χ4v) is 3.24. The second-order valence-electron chi connectivity index (χ2n) is 5.61. The van der Waals surface area contributed by atoms with Crippen molar-refractivity contribution in [1.82, 2.24) is 9.38 Å². The SMILES string of the molecule is O=C(CSCc1cc(=O)n2cc(Cl)ccc2n1)Nc1ccc(OC(F)F)cc1. The van der Waals surface area contributed by atoms with Gasteiger partial charge in [0.15, 0.2) is 0 Å². The van der Waals surface area contributed by atoms with E-state index in [0.29, 0.717) is 27.8 Å². The monoisotopic (exact) mass is 425 g/mol. The van der Waals surface area contributed by atoms with Crippen molar-refractivity contribution in [3.05, 3.63) is 69.7 Å². The average molecular weight is 426 g/mol. The van der Waals surface area contributed by atoms with Crippen LogP contribution in [-0.2, 0) is 10.5 Å². The number of halogens is 3. The number of thioether (sulfide) groups is 1. The number of rotatable bonds is 7. The predicted molar refractivity (Wildman–Crippen MR) is 104 cm³/mol. The molecule has 0 radical (unpaired) electrons. The normalized spacial score (nSPS) is 11.0. The van der Waals surface area contributed by atoms with Crippen LogP contribution >= 0.6 is 23.4 Å². The highest BCUT2D eigenvalue weighted by Crippen LogP contribution is 2.18. The number of nitrogens with one attached hydrogen (secondary N) is 1. The topological polar surface area (TPSA) is 72.7 Å². The number of carbonyl (C=O) groups excluding carboxylic acids is 1. The number of benzene rings is 1. The first-order valence-electron chi connectivity index (χ1n) is 8.01. The number of nitrogens with zero attached hydrogens (tertiary/aromatic N) is 2. The minimum absolute atomic E-state index is 0.0114. The number of fused-ring (bicyclic) bond motifs is 1. The lowest BCUT2D eigenvalue weighted by Crippen LogP contribution is -2.16. The van der Waals surface area contributed by atoms with Crippen LogP contribution in [0, 0.1) is 0 Å². The molecule has 1 amide bonds. The van der Waals surface area contributed by atoms with E-state index in [1.165, 1.54) is 52.7 Å². The van der Waals surface area contributed by atoms with Crippen molar-refractivity contribution in [3.8, 4) is 5.75 Å². The van der Waals surface area contributed by atoms with Crippen LogP contribution in [0.25, 0.3) is 5.65 Å². The van der Waals surface area contributed by atoms with Crippen molar-refractivity contribution in [2.45, 2.75) is 12.4 Å². The number of amides is 1. The molecule has 0 spiro atoms. The number of carbonyl (C=O) groups is 1. The zero-order valence-electron chi connectivity index (χ0n) is 14.3. The third kappa shape index (κ3) is 5.43. The van der Waals surface area contributed by atoms with Crippen LogP contribution in [-0.4, -0.2) is 27.7 Å². The molecule has 0 fully saturated rings. The summed E-state index contributed by atoms with van der Waals surface area (Å²) >= 11 is 7.16. The van der Waals surface area contributed by atoms with Crippen LogP contribution in [0.2, 0.25) is 5.02 Å². The van der Waals surface area contributed by atoms with Gasteiger partial charge in [-0.2, -0.15) is 8.78 Å². The summed E-state index contributed by atoms with van der Waals surface area (Å²) in [7, 11) is 0. The van der Waals surface area contributed by atoms with Crippen LogP contribution in [0.3, 0.4) is 0 Å². The molecule has 0 atom stereocenters. The summed E-state index contributed by atoms with van der Waals surface area (Å²) < 4.78 is 29.8. The van der Waals surface area contributed by atoms with Gasteiger partial charge < -0.3 is 10.1 Å². The number of pyridine rings is 1. The van der Waals surface area contributed by atoms with Crippen molar-refractivity contribution in [2.75, 3.05) is 11.1 Å². The highest BCUT2D eigenvalue weighted by atomic mass is 35.5. The van der Waals surface area contributed by atoms with E-state index in [-0.39, 0.29) is 23.0 Å². The number of hydrogen-bond acceptors (Lipinski definition) is 5. The summed E-state index contributed by atoms with van der Waals surface area (Å²) in [6, 6.07) is 10.3. The number of aromatic nitrogens is 2. The van der Waals surface area contributed by atoms with Gasteiger partial charge >= 0.3 is 6.61 Å². The number of anilines is 1. The van der Waals surface area contributed by atoms with Crippen LogP contribution in [0.5, 0.6) is 5.75 Å². The smallest absolute Gasteiger partial charge is 0.387 e. The maximum atomic E-state index is 12.1. The molecule has 146 valence electrons. The van der Waals surface area contributed by atoms with E-state index in [9.17, 15) is 18.4 Å². The Morgan fingerprint density at radius 1 is 1.25 bits per heavy atom. The highest BCUT2D eigenvalue weighted by molar-refractivity contribution is 7.99. The Bertz CT molecular complexity index is 1040. The molecule has 0 unspecified atom stereocenters. The van der Waals surface area contributed by atoms with E-state index < -0.39 is 6.61 Å². The second-order valence-corrected chi connectivity index (χ2v) is 7.03. The van der Waals surface area contributed by atoms with E-state index in [0.717, 1.165) is 0 Å². The Balaban J connectivity index is 1.53. The number of hydrogen-bond donors (Lipinski definition) is 1. The minimum Gasteiger partial charge on any atom is -0.435 e. The standard InChI is InChI=1S/C18H14ClF2N3O3S/c19-11-1-6-15-22-13(7-17(26)24(15)8-11)9-28-10-16(25)23-12-2-4-14(5-3-12)27-18(20)21/h1-8,18H,9-10H2,(H,23,25). The molecule has 6 nitrogen and oxygen atoms in total. The lowest BCUT2D eigenvalue weighted by molar-refractivity contribution is -0.113. The fourth-order valence-electron chi connectivity index (χ4n) is 2.37. The lowest BCUT2D eigenvalue weighted by Gasteiger charge is -2.08. The summed E-state index contributed by atoms with van der Waals surface area (Å²) in [5.74, 6) is 0.258. The van der Waals surface area contributed by atoms with Crippen molar-refractivity contribution in [3.63, 3.8) is 0 Å². The molecule has 3 rings (SSSR count). The molecule has 0 bridgehead atoms. The molecular formula is C18H14ClF2N3O3S. The van der Waals surface area contributed by atoms with Crippen LogP contribution in [0.4, 0.5) is 14.5 Å². The van der Waals surface area contributed by atoms with Gasteiger partial charge in [-0.15, -0.1) is 11.8 Å². The summed E-state index contributed by atoms with van der Waals surface area (Å²) in [4.78, 5) is 28.5. The zero-order valence-corrected chi connectivity index (χ0v) is 15.8. The second kappa shape index (κ2) is 9.03. The minimum atomic E-state index is -2.90. The average Bonchev–Trinajstić information content (AvgIpc) is 2.64. The Labute approximate surface area is 167 Å². The first-order valence-corrected chi connectivity index (χ1v) is 9.54. The molecule has 3 aromatic rings. The molecule has 0 aliphatic heterocycles. The van der Waals surface area contributed by atoms with E-state index >= 15 is 0 Å². The molecule has 2 aromatic heterocycles. The Morgan fingerprint density at radius 3 is 2.71 bits per heavy atom. The Hall–Kier alpha value is -2.65. The molecular weight excluding hydrogens is 412 g/mol. The van der Waals surface area contributed by atoms with Crippen molar-refractivity contribution in [2.24, 2.45) is 0 Å². The predicted octanol–water partition coefficient (Wildman–Crippen LogP) is 3.82. The van der Waals surface area contributed by atoms with Gasteiger partial charge in [-0.3, -0.25) is 14.0 Å². The molecule has 0 aliphatic rings. The molecule has 28 heavy (non-hydrogen) atoms. The third-order valence-electron chi connectivity index (χ3n) is 3.52. The summed E-state index contributed by atoms with van der Waals surface area (Å²) in [6.07, 6.45) is 1.49. The van der Waals surface area contributed by atoms with Crippen LogP contribution in [0.1, 0.15) is 5.69 Å². The van der Waals surface area contributed by atoms with E-state index in [1.807, 2.05) is 0 Å². The van der Waals surface area contributed by atoms with Gasteiger partial charge in [0.25, 0.3) is 5.56 Å². The molecule has 0 saturated heterocycles. The van der Waals surface area contributed by atoms with E-state index in [2.05, 4.69) is 15.0 Å². The van der Waals surface area contributed by atoms with Gasteiger partial charge in [0, 0.05) is 23.7 Å².